The normalized spacial score (nSPS) is 11.5. The lowest BCUT2D eigenvalue weighted by Gasteiger charge is -1.99. The van der Waals surface area contributed by atoms with Gasteiger partial charge in [-0.1, -0.05) is 90.2 Å². The molecule has 0 unspecified atom stereocenters. The zero-order valence-electron chi connectivity index (χ0n) is 13.6. The van der Waals surface area contributed by atoms with Crippen LogP contribution in [0.2, 0.25) is 0 Å². The van der Waals surface area contributed by atoms with E-state index in [1.54, 1.807) is 0 Å². The highest BCUT2D eigenvalue weighted by Gasteiger charge is 1.90. The van der Waals surface area contributed by atoms with Gasteiger partial charge in [-0.15, -0.1) is 0 Å². The number of unbranched alkanes of at least 4 members (excludes halogenated alkanes) is 13. The zero-order valence-corrected chi connectivity index (χ0v) is 13.6. The van der Waals surface area contributed by atoms with Crippen molar-refractivity contribution in [3.05, 3.63) is 18.6 Å². The minimum atomic E-state index is 1.24. The predicted octanol–water partition coefficient (Wildman–Crippen LogP) is 7.25. The van der Waals surface area contributed by atoms with Gasteiger partial charge in [-0.3, -0.25) is 0 Å². The van der Waals surface area contributed by atoms with E-state index in [4.69, 9.17) is 0 Å². The molecule has 113 valence electrons. The first-order valence-electron chi connectivity index (χ1n) is 8.88. The van der Waals surface area contributed by atoms with E-state index in [1.165, 1.54) is 89.9 Å². The highest BCUT2D eigenvalue weighted by molar-refractivity contribution is 4.81. The monoisotopic (exact) mass is 265 g/mol. The Bertz CT molecular complexity index is 169. The molecule has 0 heteroatoms. The van der Waals surface area contributed by atoms with E-state index in [1.807, 2.05) is 0 Å². The Morgan fingerprint density at radius 3 is 1.53 bits per heavy atom. The molecule has 1 radical (unpaired) electrons. The molecule has 0 fully saturated rings. The van der Waals surface area contributed by atoms with Crippen molar-refractivity contribution >= 4 is 0 Å². The lowest BCUT2D eigenvalue weighted by Crippen LogP contribution is -1.80. The number of allylic oxidation sites excluding steroid dienone is 2. The van der Waals surface area contributed by atoms with Gasteiger partial charge in [0.25, 0.3) is 0 Å². The molecular weight excluding hydrogens is 228 g/mol. The summed E-state index contributed by atoms with van der Waals surface area (Å²) in [5, 5.41) is 0. The topological polar surface area (TPSA) is 0 Å². The summed E-state index contributed by atoms with van der Waals surface area (Å²) >= 11 is 0. The molecule has 0 aliphatic rings. The van der Waals surface area contributed by atoms with Gasteiger partial charge in [0, 0.05) is 0 Å². The van der Waals surface area contributed by atoms with E-state index in [0.29, 0.717) is 0 Å². The van der Waals surface area contributed by atoms with E-state index < -0.39 is 0 Å². The summed E-state index contributed by atoms with van der Waals surface area (Å²) in [5.74, 6) is 0. The largest absolute Gasteiger partial charge is 0.0885 e. The molecule has 0 N–H and O–H groups in total. The summed E-state index contributed by atoms with van der Waals surface area (Å²) < 4.78 is 0. The first kappa shape index (κ1) is 18.7. The molecule has 0 amide bonds. The van der Waals surface area contributed by atoms with Gasteiger partial charge < -0.3 is 0 Å². The summed E-state index contributed by atoms with van der Waals surface area (Å²) in [6.07, 6.45) is 26.5. The van der Waals surface area contributed by atoms with Crippen LogP contribution in [0, 0.1) is 6.42 Å². The molecule has 0 heterocycles. The number of hydrogen-bond donors (Lipinski definition) is 0. The quantitative estimate of drug-likeness (QED) is 0.216. The highest BCUT2D eigenvalue weighted by atomic mass is 14.0. The van der Waals surface area contributed by atoms with Crippen molar-refractivity contribution in [2.75, 3.05) is 0 Å². The average Bonchev–Trinajstić information content (AvgIpc) is 2.43. The maximum atomic E-state index is 2.41. The molecule has 0 bridgehead atoms. The SMILES string of the molecule is CC[CH]CCCCCC/C=C/CCCCCCCC. The van der Waals surface area contributed by atoms with Crippen LogP contribution in [0.5, 0.6) is 0 Å². The predicted molar refractivity (Wildman–Crippen MR) is 89.4 cm³/mol. The second kappa shape index (κ2) is 17.7. The van der Waals surface area contributed by atoms with Crippen LogP contribution in [-0.2, 0) is 0 Å². The molecule has 0 aromatic heterocycles. The fourth-order valence-electron chi connectivity index (χ4n) is 2.39. The van der Waals surface area contributed by atoms with E-state index >= 15 is 0 Å². The lowest BCUT2D eigenvalue weighted by molar-refractivity contribution is 0.610. The standard InChI is InChI=1S/C19H37/c1-3-5-7-9-11-13-15-17-19-18-16-14-12-10-8-6-4-2/h5,18-19H,3-4,6-17H2,1-2H3/b19-18+. The van der Waals surface area contributed by atoms with Gasteiger partial charge in [0.15, 0.2) is 0 Å². The zero-order chi connectivity index (χ0) is 14.0. The molecule has 0 aliphatic heterocycles. The second-order valence-corrected chi connectivity index (χ2v) is 5.72. The van der Waals surface area contributed by atoms with Gasteiger partial charge in [0.2, 0.25) is 0 Å². The Labute approximate surface area is 123 Å². The maximum Gasteiger partial charge on any atom is -0.0351 e. The molecule has 0 saturated carbocycles. The smallest absolute Gasteiger partial charge is 0.0351 e. The summed E-state index contributed by atoms with van der Waals surface area (Å²) in [5.41, 5.74) is 0. The molecule has 0 atom stereocenters. The summed E-state index contributed by atoms with van der Waals surface area (Å²) in [4.78, 5) is 0. The summed E-state index contributed by atoms with van der Waals surface area (Å²) in [6, 6.07) is 0. The first-order valence-corrected chi connectivity index (χ1v) is 8.88. The molecule has 0 aromatic rings. The van der Waals surface area contributed by atoms with Gasteiger partial charge in [-0.05, 0) is 32.1 Å². The third kappa shape index (κ3) is 17.7. The van der Waals surface area contributed by atoms with E-state index in [-0.39, 0.29) is 0 Å². The van der Waals surface area contributed by atoms with Crippen LogP contribution < -0.4 is 0 Å². The van der Waals surface area contributed by atoms with Crippen LogP contribution in [0.15, 0.2) is 12.2 Å². The average molecular weight is 266 g/mol. The molecule has 0 nitrogen and oxygen atoms in total. The van der Waals surface area contributed by atoms with Gasteiger partial charge in [0.05, 0.1) is 0 Å². The van der Waals surface area contributed by atoms with E-state index in [9.17, 15) is 0 Å². The van der Waals surface area contributed by atoms with Crippen LogP contribution in [0.1, 0.15) is 104 Å². The maximum absolute atomic E-state index is 2.41. The molecule has 0 saturated heterocycles. The van der Waals surface area contributed by atoms with Crippen LogP contribution in [0.3, 0.4) is 0 Å². The molecule has 0 spiro atoms. The van der Waals surface area contributed by atoms with Crippen molar-refractivity contribution in [2.24, 2.45) is 0 Å². The number of hydrogen-bond acceptors (Lipinski definition) is 0. The minimum absolute atomic E-state index is 1.24. The fourth-order valence-corrected chi connectivity index (χ4v) is 2.39. The van der Waals surface area contributed by atoms with E-state index in [0.717, 1.165) is 0 Å². The molecule has 0 aliphatic carbocycles. The van der Waals surface area contributed by atoms with Crippen molar-refractivity contribution in [3.63, 3.8) is 0 Å². The fraction of sp³-hybridized carbons (Fsp3) is 0.842. The van der Waals surface area contributed by atoms with Gasteiger partial charge >= 0.3 is 0 Å². The highest BCUT2D eigenvalue weighted by Crippen LogP contribution is 2.09. The Balaban J connectivity index is 3.01. The van der Waals surface area contributed by atoms with E-state index in [2.05, 4.69) is 32.4 Å². The Kier molecular flexibility index (Phi) is 17.5. The second-order valence-electron chi connectivity index (χ2n) is 5.72. The minimum Gasteiger partial charge on any atom is -0.0885 e. The van der Waals surface area contributed by atoms with Crippen LogP contribution in [-0.4, -0.2) is 0 Å². The molecule has 0 aromatic carbocycles. The van der Waals surface area contributed by atoms with Crippen molar-refractivity contribution in [1.82, 2.24) is 0 Å². The van der Waals surface area contributed by atoms with Crippen LogP contribution in [0.25, 0.3) is 0 Å². The Hall–Kier alpha value is -0.260. The molecule has 19 heavy (non-hydrogen) atoms. The van der Waals surface area contributed by atoms with Gasteiger partial charge in [-0.2, -0.15) is 0 Å². The Morgan fingerprint density at radius 1 is 0.526 bits per heavy atom. The third-order valence-corrected chi connectivity index (χ3v) is 3.71. The van der Waals surface area contributed by atoms with Crippen molar-refractivity contribution in [1.29, 1.82) is 0 Å². The molecule has 0 rings (SSSR count). The third-order valence-electron chi connectivity index (χ3n) is 3.71. The van der Waals surface area contributed by atoms with Crippen molar-refractivity contribution in [3.8, 4) is 0 Å². The van der Waals surface area contributed by atoms with Gasteiger partial charge in [0.1, 0.15) is 0 Å². The van der Waals surface area contributed by atoms with Crippen LogP contribution in [0.4, 0.5) is 0 Å². The summed E-state index contributed by atoms with van der Waals surface area (Å²) in [6.45, 7) is 4.51. The van der Waals surface area contributed by atoms with Crippen LogP contribution >= 0.6 is 0 Å². The lowest BCUT2D eigenvalue weighted by atomic mass is 10.1. The first-order chi connectivity index (χ1) is 9.41. The Morgan fingerprint density at radius 2 is 1.00 bits per heavy atom. The van der Waals surface area contributed by atoms with Crippen molar-refractivity contribution in [2.45, 2.75) is 104 Å². The number of rotatable bonds is 15. The molecular formula is C19H37. The summed E-state index contributed by atoms with van der Waals surface area (Å²) in [7, 11) is 0. The van der Waals surface area contributed by atoms with Gasteiger partial charge in [-0.25, -0.2) is 0 Å². The van der Waals surface area contributed by atoms with Crippen molar-refractivity contribution < 1.29 is 0 Å².